The number of hydrogen-bond acceptors (Lipinski definition) is 11. The van der Waals surface area contributed by atoms with Gasteiger partial charge in [-0.2, -0.15) is 0 Å². The molecule has 328 valence electrons. The number of halogens is 1. The number of amides is 4. The van der Waals surface area contributed by atoms with Crippen molar-refractivity contribution in [3.63, 3.8) is 0 Å². The first kappa shape index (κ1) is 43.7. The standard InChI is InChI=1S/C44H55ClN6O10/c1-7-9-15-59-41(56)48-34-12-10-11-29(46-34)30-20-33(28-13-14-32(58-6)35(45)36(28)47-30)60-27-19-31(38(52)50-44(40(54)55)21-25(44)8-2)51(22-27)39(53)37(43(3,4)5)49-42(57)61-26-17-23-16-24(23)18-26/h10-14,20,23-27,31,37H,7-9,15-19,21-22H2,1-6H3,(H,49,57)(H,50,52)(H,54,55)(H,46,48,56)/t23-,24+,25-,26?,27-,31+,37-,44-/m1/s1. The molecule has 4 N–H and O–H groups in total. The normalized spacial score (nSPS) is 25.5. The van der Waals surface area contributed by atoms with Crippen molar-refractivity contribution < 1.29 is 48.0 Å². The molecule has 7 rings (SSSR count). The second kappa shape index (κ2) is 17.5. The molecule has 1 aromatic carbocycles. The van der Waals surface area contributed by atoms with E-state index in [9.17, 15) is 29.1 Å². The monoisotopic (exact) mass is 862 g/mol. The molecule has 3 aliphatic carbocycles. The minimum absolute atomic E-state index is 0.00292. The van der Waals surface area contributed by atoms with E-state index in [1.165, 1.54) is 12.0 Å². The highest BCUT2D eigenvalue weighted by molar-refractivity contribution is 6.36. The van der Waals surface area contributed by atoms with Gasteiger partial charge in [-0.25, -0.2) is 24.4 Å². The maximum atomic E-state index is 14.7. The van der Waals surface area contributed by atoms with Crippen molar-refractivity contribution in [1.29, 1.82) is 0 Å². The van der Waals surface area contributed by atoms with Gasteiger partial charge in [-0.05, 0) is 79.5 Å². The van der Waals surface area contributed by atoms with Crippen molar-refractivity contribution in [2.45, 2.75) is 116 Å². The molecule has 0 bridgehead atoms. The minimum Gasteiger partial charge on any atom is -0.495 e. The number of anilines is 1. The number of fused-ring (bicyclic) bond motifs is 2. The van der Waals surface area contributed by atoms with Gasteiger partial charge < -0.3 is 39.6 Å². The van der Waals surface area contributed by atoms with Crippen molar-refractivity contribution in [3.8, 4) is 22.9 Å². The summed E-state index contributed by atoms with van der Waals surface area (Å²) < 4.78 is 23.2. The number of carbonyl (C=O) groups excluding carboxylic acids is 4. The highest BCUT2D eigenvalue weighted by Gasteiger charge is 2.61. The van der Waals surface area contributed by atoms with E-state index in [0.29, 0.717) is 52.0 Å². The number of rotatable bonds is 15. The van der Waals surface area contributed by atoms with E-state index < -0.39 is 59.1 Å². The van der Waals surface area contributed by atoms with Gasteiger partial charge in [0.05, 0.1) is 37.2 Å². The molecule has 17 heteroatoms. The predicted octanol–water partition coefficient (Wildman–Crippen LogP) is 6.96. The maximum absolute atomic E-state index is 14.7. The highest BCUT2D eigenvalue weighted by atomic mass is 35.5. The summed E-state index contributed by atoms with van der Waals surface area (Å²) in [6.45, 7) is 9.48. The van der Waals surface area contributed by atoms with Crippen LogP contribution in [0.3, 0.4) is 0 Å². The molecule has 1 aliphatic heterocycles. The molecule has 4 fully saturated rings. The van der Waals surface area contributed by atoms with Gasteiger partial charge in [-0.15, -0.1) is 0 Å². The predicted molar refractivity (Wildman–Crippen MR) is 225 cm³/mol. The molecule has 16 nitrogen and oxygen atoms in total. The number of benzene rings is 1. The van der Waals surface area contributed by atoms with Gasteiger partial charge in [0.15, 0.2) is 0 Å². The van der Waals surface area contributed by atoms with Gasteiger partial charge in [-0.3, -0.25) is 14.9 Å². The molecule has 3 aromatic rings. The number of ether oxygens (including phenoxy) is 4. The van der Waals surface area contributed by atoms with Gasteiger partial charge in [0.1, 0.15) is 52.2 Å². The first-order valence-corrected chi connectivity index (χ1v) is 21.5. The first-order chi connectivity index (χ1) is 29.0. The van der Waals surface area contributed by atoms with Gasteiger partial charge >= 0.3 is 18.2 Å². The Labute approximate surface area is 359 Å². The number of methoxy groups -OCH3 is 1. The number of carboxylic acid groups (broad SMARTS) is 1. The lowest BCUT2D eigenvalue weighted by Crippen LogP contribution is -2.59. The van der Waals surface area contributed by atoms with E-state index in [4.69, 9.17) is 35.5 Å². The quantitative estimate of drug-likeness (QED) is 0.114. The van der Waals surface area contributed by atoms with Crippen molar-refractivity contribution in [3.05, 3.63) is 41.4 Å². The zero-order valence-electron chi connectivity index (χ0n) is 35.4. The number of nitrogens with one attached hydrogen (secondary N) is 3. The topological polar surface area (TPSA) is 208 Å². The lowest BCUT2D eigenvalue weighted by molar-refractivity contribution is -0.146. The summed E-state index contributed by atoms with van der Waals surface area (Å²) in [5.41, 5.74) is -1.23. The number of hydrogen-bond donors (Lipinski definition) is 4. The lowest BCUT2D eigenvalue weighted by Gasteiger charge is -2.35. The number of alkyl carbamates (subject to hydrolysis) is 1. The Morgan fingerprint density at radius 3 is 2.38 bits per heavy atom. The number of carboxylic acids is 1. The van der Waals surface area contributed by atoms with Crippen LogP contribution in [-0.2, 0) is 23.9 Å². The van der Waals surface area contributed by atoms with E-state index in [2.05, 4.69) is 20.9 Å². The Balaban J connectivity index is 1.19. The SMILES string of the molecule is CCCCOC(=O)Nc1cccc(-c2cc(O[C@@H]3C[C@@H](C(=O)N[C@]4(C(=O)O)C[C@H]4CC)N(C(=O)[C@@H](NC(=O)OC4C[C@@H]5C[C@@H]5C4)C(C)(C)C)C3)c3ccc(OC)c(Cl)c3n2)n1. The Morgan fingerprint density at radius 1 is 0.967 bits per heavy atom. The van der Waals surface area contributed by atoms with Crippen LogP contribution in [0.15, 0.2) is 36.4 Å². The number of carbonyl (C=O) groups is 5. The third-order valence-electron chi connectivity index (χ3n) is 12.4. The molecule has 4 amide bonds. The molecule has 0 spiro atoms. The largest absolute Gasteiger partial charge is 0.495 e. The summed E-state index contributed by atoms with van der Waals surface area (Å²) in [6, 6.07) is 7.84. The fourth-order valence-corrected chi connectivity index (χ4v) is 9.00. The molecule has 8 atom stereocenters. The molecule has 3 heterocycles. The van der Waals surface area contributed by atoms with E-state index in [1.807, 2.05) is 34.6 Å². The summed E-state index contributed by atoms with van der Waals surface area (Å²) in [5.74, 6) is -0.499. The smallest absolute Gasteiger partial charge is 0.412 e. The van der Waals surface area contributed by atoms with Crippen LogP contribution in [0.5, 0.6) is 11.5 Å². The minimum atomic E-state index is -1.44. The van der Waals surface area contributed by atoms with Gasteiger partial charge in [0.25, 0.3) is 0 Å². The Morgan fingerprint density at radius 2 is 1.72 bits per heavy atom. The Kier molecular flexibility index (Phi) is 12.6. The van der Waals surface area contributed by atoms with E-state index in [0.717, 1.165) is 32.1 Å². The van der Waals surface area contributed by atoms with Crippen LogP contribution in [0, 0.1) is 23.2 Å². The van der Waals surface area contributed by atoms with Crippen molar-refractivity contribution in [2.75, 3.05) is 25.6 Å². The number of aliphatic carboxylic acids is 1. The van der Waals surface area contributed by atoms with E-state index in [-0.39, 0.29) is 48.9 Å². The van der Waals surface area contributed by atoms with Crippen LogP contribution in [0.1, 0.15) is 86.0 Å². The average Bonchev–Trinajstić information content (AvgIpc) is 4.03. The van der Waals surface area contributed by atoms with Gasteiger partial charge in [-0.1, -0.05) is 65.1 Å². The van der Waals surface area contributed by atoms with Crippen LogP contribution in [0.4, 0.5) is 15.4 Å². The van der Waals surface area contributed by atoms with Crippen LogP contribution in [-0.4, -0.2) is 100 Å². The number of pyridine rings is 2. The lowest BCUT2D eigenvalue weighted by atomic mass is 9.85. The zero-order valence-corrected chi connectivity index (χ0v) is 36.2. The van der Waals surface area contributed by atoms with Crippen LogP contribution >= 0.6 is 11.6 Å². The van der Waals surface area contributed by atoms with E-state index >= 15 is 0 Å². The highest BCUT2D eigenvalue weighted by Crippen LogP contribution is 2.52. The second-order valence-electron chi connectivity index (χ2n) is 17.8. The maximum Gasteiger partial charge on any atom is 0.412 e. The van der Waals surface area contributed by atoms with Gasteiger partial charge in [0.2, 0.25) is 11.8 Å². The summed E-state index contributed by atoms with van der Waals surface area (Å²) in [7, 11) is 1.48. The summed E-state index contributed by atoms with van der Waals surface area (Å²) in [4.78, 5) is 78.0. The number of unbranched alkanes of at least 4 members (excludes halogenated alkanes) is 1. The third kappa shape index (κ3) is 9.43. The van der Waals surface area contributed by atoms with Crippen molar-refractivity contribution >= 4 is 58.3 Å². The molecular weight excluding hydrogens is 808 g/mol. The molecule has 1 unspecified atom stereocenters. The summed E-state index contributed by atoms with van der Waals surface area (Å²) in [5, 5.41) is 19.1. The van der Waals surface area contributed by atoms with Crippen LogP contribution < -0.4 is 25.4 Å². The number of likely N-dealkylation sites (tertiary alicyclic amines) is 1. The van der Waals surface area contributed by atoms with Crippen LogP contribution in [0.25, 0.3) is 22.3 Å². The molecule has 0 radical (unpaired) electrons. The molecular formula is C44H55ClN6O10. The van der Waals surface area contributed by atoms with Crippen molar-refractivity contribution in [2.24, 2.45) is 23.2 Å². The molecule has 3 saturated carbocycles. The Bertz CT molecular complexity index is 2190. The van der Waals surface area contributed by atoms with Crippen molar-refractivity contribution in [1.82, 2.24) is 25.5 Å². The molecule has 61 heavy (non-hydrogen) atoms. The molecule has 2 aromatic heterocycles. The fraction of sp³-hybridized carbons (Fsp3) is 0.568. The average molecular weight is 863 g/mol. The first-order valence-electron chi connectivity index (χ1n) is 21.1. The van der Waals surface area contributed by atoms with Gasteiger partial charge in [0, 0.05) is 17.9 Å². The summed E-state index contributed by atoms with van der Waals surface area (Å²) >= 11 is 6.84. The summed E-state index contributed by atoms with van der Waals surface area (Å²) in [6.07, 6.45) is 2.82. The third-order valence-corrected chi connectivity index (χ3v) is 12.7. The second-order valence-corrected chi connectivity index (χ2v) is 18.1. The fourth-order valence-electron chi connectivity index (χ4n) is 8.71. The van der Waals surface area contributed by atoms with E-state index in [1.54, 1.807) is 36.4 Å². The number of nitrogens with zero attached hydrogens (tertiary/aromatic N) is 3. The molecule has 1 saturated heterocycles. The Hall–Kier alpha value is -5.38. The van der Waals surface area contributed by atoms with Crippen LogP contribution in [0.2, 0.25) is 5.02 Å². The zero-order chi connectivity index (χ0) is 43.8. The number of aromatic nitrogens is 2. The molecule has 4 aliphatic rings.